The average Bonchev–Trinajstić information content (AvgIpc) is 2.45. The van der Waals surface area contributed by atoms with Crippen molar-refractivity contribution in [2.24, 2.45) is 5.92 Å². The highest BCUT2D eigenvalue weighted by molar-refractivity contribution is 5.90. The van der Waals surface area contributed by atoms with E-state index in [9.17, 15) is 4.79 Å². The van der Waals surface area contributed by atoms with Crippen LogP contribution in [0.1, 0.15) is 6.92 Å². The van der Waals surface area contributed by atoms with Crippen molar-refractivity contribution < 1.29 is 14.3 Å². The second kappa shape index (κ2) is 3.43. The zero-order valence-corrected chi connectivity index (χ0v) is 7.46. The van der Waals surface area contributed by atoms with E-state index in [1.807, 2.05) is 6.92 Å². The number of hydrogen-bond acceptors (Lipinski definition) is 3. The minimum Gasteiger partial charge on any atom is -0.500 e. The van der Waals surface area contributed by atoms with Crippen LogP contribution in [0, 0.1) is 5.92 Å². The van der Waals surface area contributed by atoms with Crippen LogP contribution >= 0.6 is 0 Å². The van der Waals surface area contributed by atoms with Gasteiger partial charge in [0.1, 0.15) is 5.76 Å². The van der Waals surface area contributed by atoms with Crippen molar-refractivity contribution in [2.75, 3.05) is 14.2 Å². The van der Waals surface area contributed by atoms with E-state index in [-0.39, 0.29) is 11.9 Å². The van der Waals surface area contributed by atoms with E-state index >= 15 is 0 Å². The second-order valence-corrected chi connectivity index (χ2v) is 2.61. The summed E-state index contributed by atoms with van der Waals surface area (Å²) in [6, 6.07) is 0. The van der Waals surface area contributed by atoms with Crippen LogP contribution in [-0.4, -0.2) is 20.2 Å². The van der Waals surface area contributed by atoms with E-state index in [2.05, 4.69) is 4.74 Å². The third-order valence-corrected chi connectivity index (χ3v) is 1.98. The molecule has 0 radical (unpaired) electrons. The van der Waals surface area contributed by atoms with Crippen molar-refractivity contribution in [1.82, 2.24) is 0 Å². The predicted octanol–water partition coefficient (Wildman–Crippen LogP) is 1.27. The van der Waals surface area contributed by atoms with Crippen LogP contribution in [0.4, 0.5) is 0 Å². The molecule has 3 nitrogen and oxygen atoms in total. The molecule has 3 heteroatoms. The van der Waals surface area contributed by atoms with Crippen molar-refractivity contribution in [3.05, 3.63) is 23.5 Å². The smallest absolute Gasteiger partial charge is 0.334 e. The van der Waals surface area contributed by atoms with Crippen LogP contribution in [0.2, 0.25) is 0 Å². The second-order valence-electron chi connectivity index (χ2n) is 2.61. The van der Waals surface area contributed by atoms with E-state index in [0.717, 1.165) is 5.76 Å². The van der Waals surface area contributed by atoms with E-state index in [4.69, 9.17) is 4.74 Å². The minimum absolute atomic E-state index is 0.0162. The summed E-state index contributed by atoms with van der Waals surface area (Å²) >= 11 is 0. The molecule has 0 aromatic carbocycles. The number of carbonyl (C=O) groups is 1. The first-order valence-corrected chi connectivity index (χ1v) is 3.74. The molecular formula is C9H12O3. The van der Waals surface area contributed by atoms with E-state index < -0.39 is 0 Å². The van der Waals surface area contributed by atoms with Gasteiger partial charge >= 0.3 is 5.97 Å². The van der Waals surface area contributed by atoms with Gasteiger partial charge in [0, 0.05) is 11.5 Å². The highest BCUT2D eigenvalue weighted by atomic mass is 16.5. The van der Waals surface area contributed by atoms with Crippen LogP contribution in [0.25, 0.3) is 0 Å². The molecule has 1 aliphatic carbocycles. The lowest BCUT2D eigenvalue weighted by atomic mass is 10.0. The van der Waals surface area contributed by atoms with Gasteiger partial charge in [0.2, 0.25) is 0 Å². The quantitative estimate of drug-likeness (QED) is 0.582. The van der Waals surface area contributed by atoms with Gasteiger partial charge in [0.15, 0.2) is 0 Å². The normalized spacial score (nSPS) is 21.4. The maximum atomic E-state index is 11.1. The number of methoxy groups -OCH3 is 2. The number of rotatable bonds is 2. The number of allylic oxidation sites excluding steroid dienone is 3. The first-order valence-electron chi connectivity index (χ1n) is 3.74. The van der Waals surface area contributed by atoms with Crippen molar-refractivity contribution in [2.45, 2.75) is 6.92 Å². The van der Waals surface area contributed by atoms with Gasteiger partial charge < -0.3 is 9.47 Å². The Bertz CT molecular complexity index is 250. The summed E-state index contributed by atoms with van der Waals surface area (Å²) < 4.78 is 9.65. The Morgan fingerprint density at radius 1 is 1.42 bits per heavy atom. The molecule has 0 bridgehead atoms. The van der Waals surface area contributed by atoms with Gasteiger partial charge in [-0.1, -0.05) is 6.92 Å². The first kappa shape index (κ1) is 8.84. The molecule has 0 saturated heterocycles. The number of ether oxygens (including phenoxy) is 2. The van der Waals surface area contributed by atoms with Gasteiger partial charge in [-0.2, -0.15) is 0 Å². The molecule has 0 N–H and O–H groups in total. The molecule has 0 aliphatic heterocycles. The van der Waals surface area contributed by atoms with Crippen LogP contribution < -0.4 is 0 Å². The van der Waals surface area contributed by atoms with Crippen LogP contribution in [0.3, 0.4) is 0 Å². The molecule has 0 unspecified atom stereocenters. The zero-order valence-electron chi connectivity index (χ0n) is 7.46. The van der Waals surface area contributed by atoms with Gasteiger partial charge in [-0.25, -0.2) is 4.79 Å². The molecule has 0 spiro atoms. The van der Waals surface area contributed by atoms with E-state index in [1.165, 1.54) is 7.11 Å². The fourth-order valence-electron chi connectivity index (χ4n) is 1.22. The Morgan fingerprint density at radius 3 is 2.50 bits per heavy atom. The van der Waals surface area contributed by atoms with Crippen LogP contribution in [0.15, 0.2) is 23.5 Å². The summed E-state index contributed by atoms with van der Waals surface area (Å²) in [7, 11) is 2.97. The highest BCUT2D eigenvalue weighted by Gasteiger charge is 2.24. The van der Waals surface area contributed by atoms with E-state index in [1.54, 1.807) is 19.3 Å². The van der Waals surface area contributed by atoms with Gasteiger partial charge in [0.05, 0.1) is 14.2 Å². The fourth-order valence-corrected chi connectivity index (χ4v) is 1.22. The Hall–Kier alpha value is -1.25. The maximum absolute atomic E-state index is 11.1. The van der Waals surface area contributed by atoms with Gasteiger partial charge in [0.25, 0.3) is 0 Å². The lowest BCUT2D eigenvalue weighted by Gasteiger charge is -2.10. The molecule has 66 valence electrons. The Kier molecular flexibility index (Phi) is 2.53. The lowest BCUT2D eigenvalue weighted by Crippen LogP contribution is -2.11. The van der Waals surface area contributed by atoms with Gasteiger partial charge in [-0.15, -0.1) is 0 Å². The van der Waals surface area contributed by atoms with Crippen molar-refractivity contribution in [3.8, 4) is 0 Å². The average molecular weight is 168 g/mol. The monoisotopic (exact) mass is 168 g/mol. The molecular weight excluding hydrogens is 156 g/mol. The van der Waals surface area contributed by atoms with Crippen LogP contribution in [-0.2, 0) is 14.3 Å². The largest absolute Gasteiger partial charge is 0.500 e. The Labute approximate surface area is 71.7 Å². The topological polar surface area (TPSA) is 35.5 Å². The first-order chi connectivity index (χ1) is 5.70. The predicted molar refractivity (Wildman–Crippen MR) is 44.4 cm³/mol. The minimum atomic E-state index is -0.286. The van der Waals surface area contributed by atoms with Crippen molar-refractivity contribution >= 4 is 5.97 Å². The molecule has 1 aliphatic rings. The molecule has 1 rings (SSSR count). The Balaban J connectivity index is 2.71. The molecule has 0 heterocycles. The number of hydrogen-bond donors (Lipinski definition) is 0. The molecule has 1 atom stereocenters. The summed E-state index contributed by atoms with van der Waals surface area (Å²) in [6.07, 6.45) is 3.52. The van der Waals surface area contributed by atoms with Gasteiger partial charge in [-0.05, 0) is 12.2 Å². The molecule has 0 amide bonds. The molecule has 0 aromatic heterocycles. The summed E-state index contributed by atoms with van der Waals surface area (Å²) in [5, 5.41) is 0. The third-order valence-electron chi connectivity index (χ3n) is 1.98. The number of esters is 1. The third kappa shape index (κ3) is 1.35. The van der Waals surface area contributed by atoms with Crippen molar-refractivity contribution in [1.29, 1.82) is 0 Å². The summed E-state index contributed by atoms with van der Waals surface area (Å²) in [5.41, 5.74) is 0.648. The molecule has 0 aromatic rings. The fraction of sp³-hybridized carbons (Fsp3) is 0.444. The van der Waals surface area contributed by atoms with E-state index in [0.29, 0.717) is 5.57 Å². The maximum Gasteiger partial charge on any atom is 0.334 e. The van der Waals surface area contributed by atoms with Crippen molar-refractivity contribution in [3.63, 3.8) is 0 Å². The lowest BCUT2D eigenvalue weighted by molar-refractivity contribution is -0.136. The van der Waals surface area contributed by atoms with Gasteiger partial charge in [-0.3, -0.25) is 0 Å². The molecule has 12 heavy (non-hydrogen) atoms. The highest BCUT2D eigenvalue weighted by Crippen LogP contribution is 2.27. The summed E-state index contributed by atoms with van der Waals surface area (Å²) in [6.45, 7) is 1.91. The zero-order chi connectivity index (χ0) is 9.14. The Morgan fingerprint density at radius 2 is 2.08 bits per heavy atom. The van der Waals surface area contributed by atoms with Crippen LogP contribution in [0.5, 0.6) is 0 Å². The SMILES string of the molecule is COC(=O)C1=CC=C(OC)[C@H]1C. The standard InChI is InChI=1S/C9H12O3/c1-6-7(9(10)12-3)4-5-8(6)11-2/h4-6H,1-3H3/t6-/m0/s1. The summed E-state index contributed by atoms with van der Waals surface area (Å²) in [5.74, 6) is 0.531. The summed E-state index contributed by atoms with van der Waals surface area (Å²) in [4.78, 5) is 11.1. The number of carbonyl (C=O) groups excluding carboxylic acids is 1. The molecule has 0 saturated carbocycles. The molecule has 0 fully saturated rings.